The minimum Gasteiger partial charge on any atom is -0.493 e. The normalized spacial score (nSPS) is 11.3. The summed E-state index contributed by atoms with van der Waals surface area (Å²) >= 11 is 0. The number of esters is 1. The summed E-state index contributed by atoms with van der Waals surface area (Å²) < 4.78 is 20.3. The molecule has 1 aromatic carbocycles. The molecule has 0 amide bonds. The van der Waals surface area contributed by atoms with E-state index in [4.69, 9.17) is 20.6 Å². The zero-order valence-electron chi connectivity index (χ0n) is 11.1. The number of ether oxygens (including phenoxy) is 4. The van der Waals surface area contributed by atoms with Gasteiger partial charge in [0.1, 0.15) is 6.61 Å². The minimum absolute atomic E-state index is 0.00805. The highest BCUT2D eigenvalue weighted by Gasteiger charge is 2.23. The van der Waals surface area contributed by atoms with Crippen LogP contribution < -0.4 is 9.47 Å². The number of carbonyl (C=O) groups is 1. The van der Waals surface area contributed by atoms with Crippen LogP contribution in [0.1, 0.15) is 11.7 Å². The van der Waals surface area contributed by atoms with Gasteiger partial charge in [-0.05, 0) is 17.7 Å². The Hall–Kier alpha value is -2.19. The summed E-state index contributed by atoms with van der Waals surface area (Å²) in [5.41, 5.74) is 0.583. The number of hydrogen-bond acceptors (Lipinski definition) is 5. The van der Waals surface area contributed by atoms with E-state index < -0.39 is 12.1 Å². The molecule has 0 saturated carbocycles. The standard InChI is InChI=1S/C14H16O5/c1-5-8-19-13(14(15)18-4)10-6-7-11(16-2)12(9-10)17-3/h1,6-7,9,13H,8H2,2-4H3/t13-/m1/s1. The van der Waals surface area contributed by atoms with Gasteiger partial charge in [0.05, 0.1) is 21.3 Å². The SMILES string of the molecule is C#CCO[C@@H](C(=O)OC)c1ccc(OC)c(OC)c1. The summed E-state index contributed by atoms with van der Waals surface area (Å²) in [5, 5.41) is 0. The van der Waals surface area contributed by atoms with Crippen LogP contribution in [0.5, 0.6) is 11.5 Å². The Morgan fingerprint density at radius 1 is 1.26 bits per heavy atom. The maximum Gasteiger partial charge on any atom is 0.339 e. The van der Waals surface area contributed by atoms with Gasteiger partial charge in [-0.25, -0.2) is 4.79 Å². The lowest BCUT2D eigenvalue weighted by molar-refractivity contribution is -0.153. The molecule has 0 radical (unpaired) electrons. The Morgan fingerprint density at radius 2 is 1.95 bits per heavy atom. The number of benzene rings is 1. The molecule has 0 bridgehead atoms. The lowest BCUT2D eigenvalue weighted by Crippen LogP contribution is -2.18. The van der Waals surface area contributed by atoms with Gasteiger partial charge in [-0.3, -0.25) is 0 Å². The second kappa shape index (κ2) is 7.29. The van der Waals surface area contributed by atoms with Gasteiger partial charge in [0.2, 0.25) is 0 Å². The summed E-state index contributed by atoms with van der Waals surface area (Å²) in [6, 6.07) is 5.03. The summed E-state index contributed by atoms with van der Waals surface area (Å²) in [6.07, 6.45) is 4.24. The predicted octanol–water partition coefficient (Wildman–Crippen LogP) is 1.57. The van der Waals surface area contributed by atoms with Crippen molar-refractivity contribution in [1.29, 1.82) is 0 Å². The fraction of sp³-hybridized carbons (Fsp3) is 0.357. The number of hydrogen-bond donors (Lipinski definition) is 0. The average Bonchev–Trinajstić information content (AvgIpc) is 2.46. The van der Waals surface area contributed by atoms with E-state index in [1.165, 1.54) is 21.3 Å². The molecule has 0 aliphatic rings. The second-order valence-electron chi connectivity index (χ2n) is 3.53. The maximum atomic E-state index is 11.7. The molecule has 0 saturated heterocycles. The van der Waals surface area contributed by atoms with Gasteiger partial charge >= 0.3 is 5.97 Å². The van der Waals surface area contributed by atoms with Crippen LogP contribution >= 0.6 is 0 Å². The van der Waals surface area contributed by atoms with E-state index in [-0.39, 0.29) is 6.61 Å². The van der Waals surface area contributed by atoms with E-state index in [0.29, 0.717) is 17.1 Å². The molecule has 1 rings (SSSR count). The molecule has 0 fully saturated rings. The highest BCUT2D eigenvalue weighted by atomic mass is 16.6. The Kier molecular flexibility index (Phi) is 5.71. The highest BCUT2D eigenvalue weighted by molar-refractivity contribution is 5.76. The van der Waals surface area contributed by atoms with Crippen LogP contribution in [-0.2, 0) is 14.3 Å². The first-order chi connectivity index (χ1) is 9.17. The van der Waals surface area contributed by atoms with Gasteiger partial charge in [-0.1, -0.05) is 12.0 Å². The molecule has 0 spiro atoms. The van der Waals surface area contributed by atoms with Crippen LogP contribution in [0, 0.1) is 12.3 Å². The molecule has 0 aliphatic carbocycles. The highest BCUT2D eigenvalue weighted by Crippen LogP contribution is 2.31. The lowest BCUT2D eigenvalue weighted by Gasteiger charge is -2.16. The third-order valence-electron chi connectivity index (χ3n) is 2.46. The van der Waals surface area contributed by atoms with Crippen LogP contribution in [0.25, 0.3) is 0 Å². The van der Waals surface area contributed by atoms with Crippen LogP contribution in [0.4, 0.5) is 0 Å². The number of methoxy groups -OCH3 is 3. The van der Waals surface area contributed by atoms with E-state index in [1.807, 2.05) is 0 Å². The number of rotatable bonds is 6. The van der Waals surface area contributed by atoms with Crippen molar-refractivity contribution in [3.8, 4) is 23.8 Å². The average molecular weight is 264 g/mol. The molecular formula is C14H16O5. The van der Waals surface area contributed by atoms with E-state index in [9.17, 15) is 4.79 Å². The molecular weight excluding hydrogens is 248 g/mol. The smallest absolute Gasteiger partial charge is 0.339 e. The van der Waals surface area contributed by atoms with Crippen LogP contribution in [0.15, 0.2) is 18.2 Å². The van der Waals surface area contributed by atoms with Crippen molar-refractivity contribution in [2.45, 2.75) is 6.10 Å². The Morgan fingerprint density at radius 3 is 2.47 bits per heavy atom. The van der Waals surface area contributed by atoms with Gasteiger partial charge in [-0.2, -0.15) is 0 Å². The first-order valence-corrected chi connectivity index (χ1v) is 5.52. The van der Waals surface area contributed by atoms with Crippen molar-refractivity contribution in [2.75, 3.05) is 27.9 Å². The molecule has 0 unspecified atom stereocenters. The molecule has 0 heterocycles. The third-order valence-corrected chi connectivity index (χ3v) is 2.46. The topological polar surface area (TPSA) is 54.0 Å². The zero-order chi connectivity index (χ0) is 14.3. The first kappa shape index (κ1) is 14.9. The van der Waals surface area contributed by atoms with Gasteiger partial charge in [0.25, 0.3) is 0 Å². The fourth-order valence-corrected chi connectivity index (χ4v) is 1.55. The van der Waals surface area contributed by atoms with Crippen molar-refractivity contribution >= 4 is 5.97 Å². The van der Waals surface area contributed by atoms with Gasteiger partial charge in [0.15, 0.2) is 17.6 Å². The van der Waals surface area contributed by atoms with Crippen molar-refractivity contribution < 1.29 is 23.7 Å². The van der Waals surface area contributed by atoms with E-state index in [0.717, 1.165) is 0 Å². The molecule has 19 heavy (non-hydrogen) atoms. The number of terminal acetylenes is 1. The Balaban J connectivity index is 3.08. The summed E-state index contributed by atoms with van der Waals surface area (Å²) in [4.78, 5) is 11.7. The van der Waals surface area contributed by atoms with E-state index in [2.05, 4.69) is 10.7 Å². The molecule has 5 heteroatoms. The predicted molar refractivity (Wildman–Crippen MR) is 69.1 cm³/mol. The molecule has 1 atom stereocenters. The minimum atomic E-state index is -0.888. The monoisotopic (exact) mass is 264 g/mol. The molecule has 0 aliphatic heterocycles. The Bertz CT molecular complexity index is 475. The van der Waals surface area contributed by atoms with Crippen LogP contribution in [0.3, 0.4) is 0 Å². The fourth-order valence-electron chi connectivity index (χ4n) is 1.55. The molecule has 1 aromatic rings. The molecule has 0 N–H and O–H groups in total. The first-order valence-electron chi connectivity index (χ1n) is 5.52. The summed E-state index contributed by atoms with van der Waals surface area (Å²) in [5.74, 6) is 2.85. The quantitative estimate of drug-likeness (QED) is 0.576. The van der Waals surface area contributed by atoms with Crippen LogP contribution in [0.2, 0.25) is 0 Å². The number of carbonyl (C=O) groups excluding carboxylic acids is 1. The molecule has 102 valence electrons. The second-order valence-corrected chi connectivity index (χ2v) is 3.53. The van der Waals surface area contributed by atoms with Crippen LogP contribution in [-0.4, -0.2) is 33.9 Å². The lowest BCUT2D eigenvalue weighted by atomic mass is 10.1. The van der Waals surface area contributed by atoms with Crippen molar-refractivity contribution in [1.82, 2.24) is 0 Å². The largest absolute Gasteiger partial charge is 0.493 e. The van der Waals surface area contributed by atoms with E-state index >= 15 is 0 Å². The van der Waals surface area contributed by atoms with Crippen molar-refractivity contribution in [3.63, 3.8) is 0 Å². The van der Waals surface area contributed by atoms with Crippen molar-refractivity contribution in [2.24, 2.45) is 0 Å². The van der Waals surface area contributed by atoms with E-state index in [1.54, 1.807) is 18.2 Å². The van der Waals surface area contributed by atoms with Crippen molar-refractivity contribution in [3.05, 3.63) is 23.8 Å². The third kappa shape index (κ3) is 3.63. The summed E-state index contributed by atoms with van der Waals surface area (Å²) in [6.45, 7) is 0.00805. The molecule has 0 aromatic heterocycles. The molecule has 5 nitrogen and oxygen atoms in total. The maximum absolute atomic E-state index is 11.7. The zero-order valence-corrected chi connectivity index (χ0v) is 11.1. The summed E-state index contributed by atoms with van der Waals surface area (Å²) in [7, 11) is 4.33. The van der Waals surface area contributed by atoms with Gasteiger partial charge in [-0.15, -0.1) is 6.42 Å². The van der Waals surface area contributed by atoms with Gasteiger partial charge in [0, 0.05) is 0 Å². The van der Waals surface area contributed by atoms with Gasteiger partial charge < -0.3 is 18.9 Å². The Labute approximate surface area is 112 Å².